The molecule has 3 N–H and O–H groups in total. The van der Waals surface area contributed by atoms with Crippen LogP contribution in [0.2, 0.25) is 0 Å². The summed E-state index contributed by atoms with van der Waals surface area (Å²) in [4.78, 5) is 22.4. The highest BCUT2D eigenvalue weighted by molar-refractivity contribution is 6.02. The van der Waals surface area contributed by atoms with Gasteiger partial charge in [-0.15, -0.1) is 4.91 Å². The molecule has 1 aliphatic heterocycles. The second-order valence-electron chi connectivity index (χ2n) is 5.36. The average Bonchev–Trinajstić information content (AvgIpc) is 3.04. The largest absolute Gasteiger partial charge is 0.504 e. The lowest BCUT2D eigenvalue weighted by Crippen LogP contribution is -2.01. The quantitative estimate of drug-likeness (QED) is 0.288. The van der Waals surface area contributed by atoms with Crippen LogP contribution in [0.4, 0.5) is 5.88 Å². The first-order valence-corrected chi connectivity index (χ1v) is 7.07. The summed E-state index contributed by atoms with van der Waals surface area (Å²) in [5, 5.41) is 32.3. The Balaban J connectivity index is 2.21. The van der Waals surface area contributed by atoms with Crippen molar-refractivity contribution in [1.29, 1.82) is 0 Å². The van der Waals surface area contributed by atoms with Crippen LogP contribution in [0.3, 0.4) is 0 Å². The molecule has 8 heteroatoms. The molecule has 2 aromatic rings. The topological polar surface area (TPSA) is 133 Å². The molecule has 124 valence electrons. The van der Waals surface area contributed by atoms with E-state index in [4.69, 9.17) is 8.83 Å². The Kier molecular flexibility index (Phi) is 3.01. The number of furan rings is 1. The maximum atomic E-state index is 11.7. The zero-order valence-electron chi connectivity index (χ0n) is 12.4. The Labute approximate surface area is 138 Å². The third-order valence-corrected chi connectivity index (χ3v) is 3.82. The van der Waals surface area contributed by atoms with Crippen molar-refractivity contribution in [2.75, 3.05) is 0 Å². The maximum Gasteiger partial charge on any atom is 0.260 e. The van der Waals surface area contributed by atoms with E-state index in [1.165, 1.54) is 30.3 Å². The minimum absolute atomic E-state index is 0.132. The first-order chi connectivity index (χ1) is 12.0. The molecule has 0 unspecified atom stereocenters. The van der Waals surface area contributed by atoms with Gasteiger partial charge in [-0.25, -0.2) is 0 Å². The monoisotopic (exact) mass is 339 g/mol. The number of rotatable bonds is 2. The van der Waals surface area contributed by atoms with Gasteiger partial charge < -0.3 is 24.2 Å². The molecule has 0 radical (unpaired) electrons. The third-order valence-electron chi connectivity index (χ3n) is 3.82. The Bertz CT molecular complexity index is 1170. The Morgan fingerprint density at radius 1 is 0.840 bits per heavy atom. The van der Waals surface area contributed by atoms with Gasteiger partial charge in [-0.3, -0.25) is 4.79 Å². The van der Waals surface area contributed by atoms with Gasteiger partial charge in [0.1, 0.15) is 17.1 Å². The number of nitrogens with zero attached hydrogens (tertiary/aromatic N) is 1. The molecule has 0 saturated carbocycles. The van der Waals surface area contributed by atoms with Crippen LogP contribution >= 0.6 is 0 Å². The third kappa shape index (κ3) is 2.19. The van der Waals surface area contributed by atoms with Crippen molar-refractivity contribution in [2.24, 2.45) is 5.18 Å². The molecular weight excluding hydrogens is 330 g/mol. The second-order valence-corrected chi connectivity index (χ2v) is 5.36. The van der Waals surface area contributed by atoms with Crippen LogP contribution in [0.25, 0.3) is 33.6 Å². The van der Waals surface area contributed by atoms with E-state index in [1.807, 2.05) is 0 Å². The number of aromatic hydroxyl groups is 3. The molecule has 0 saturated heterocycles. The van der Waals surface area contributed by atoms with Crippen LogP contribution in [0.1, 0.15) is 0 Å². The SMILES string of the molecule is O=Nc1ccc(-c2c3cc(O)c(=O)cc-3oc3cc(O)c(O)cc23)o1. The summed E-state index contributed by atoms with van der Waals surface area (Å²) in [6.07, 6.45) is 0. The highest BCUT2D eigenvalue weighted by atomic mass is 16.4. The summed E-state index contributed by atoms with van der Waals surface area (Å²) < 4.78 is 11.0. The van der Waals surface area contributed by atoms with E-state index < -0.39 is 22.7 Å². The fourth-order valence-corrected chi connectivity index (χ4v) is 2.71. The average molecular weight is 339 g/mol. The molecule has 25 heavy (non-hydrogen) atoms. The molecule has 2 aliphatic rings. The van der Waals surface area contributed by atoms with Gasteiger partial charge in [0.15, 0.2) is 17.2 Å². The first-order valence-electron chi connectivity index (χ1n) is 7.07. The van der Waals surface area contributed by atoms with Gasteiger partial charge >= 0.3 is 0 Å². The molecule has 8 nitrogen and oxygen atoms in total. The van der Waals surface area contributed by atoms with Crippen molar-refractivity contribution in [1.82, 2.24) is 0 Å². The van der Waals surface area contributed by atoms with Crippen molar-refractivity contribution in [3.8, 4) is 39.9 Å². The molecular formula is C17H9NO7. The standard InChI is InChI=1S/C17H9NO7/c19-9-3-7-14(5-11(9)21)24-15-6-12(22)10(20)4-8(15)17(7)13-1-2-16(18-23)25-13/h1-6,19-21H. The van der Waals surface area contributed by atoms with Crippen molar-refractivity contribution in [2.45, 2.75) is 0 Å². The van der Waals surface area contributed by atoms with Gasteiger partial charge in [0, 0.05) is 39.9 Å². The molecule has 1 aromatic carbocycles. The predicted octanol–water partition coefficient (Wildman–Crippen LogP) is 3.67. The van der Waals surface area contributed by atoms with E-state index in [2.05, 4.69) is 5.18 Å². The zero-order chi connectivity index (χ0) is 17.7. The van der Waals surface area contributed by atoms with Gasteiger partial charge in [-0.05, 0) is 18.2 Å². The molecule has 0 fully saturated rings. The maximum absolute atomic E-state index is 11.7. The number of phenolic OH excluding ortho intramolecular Hbond substituents is 3. The molecule has 0 spiro atoms. The minimum atomic E-state index is -0.640. The summed E-state index contributed by atoms with van der Waals surface area (Å²) in [5.41, 5.74) is 0.206. The Morgan fingerprint density at radius 3 is 2.32 bits per heavy atom. The highest BCUT2D eigenvalue weighted by Gasteiger charge is 2.22. The van der Waals surface area contributed by atoms with E-state index in [0.29, 0.717) is 16.5 Å². The van der Waals surface area contributed by atoms with E-state index in [-0.39, 0.29) is 23.0 Å². The van der Waals surface area contributed by atoms with Crippen molar-refractivity contribution < 1.29 is 24.2 Å². The smallest absolute Gasteiger partial charge is 0.260 e. The molecule has 0 amide bonds. The fourth-order valence-electron chi connectivity index (χ4n) is 2.71. The Morgan fingerprint density at radius 2 is 1.60 bits per heavy atom. The van der Waals surface area contributed by atoms with Crippen LogP contribution in [-0.4, -0.2) is 15.3 Å². The number of phenols is 3. The number of hydrogen-bond donors (Lipinski definition) is 3. The number of hydrogen-bond acceptors (Lipinski definition) is 8. The second kappa shape index (κ2) is 5.10. The summed E-state index contributed by atoms with van der Waals surface area (Å²) in [6.45, 7) is 0. The number of nitroso groups, excluding NO2 is 1. The van der Waals surface area contributed by atoms with Crippen LogP contribution < -0.4 is 5.43 Å². The fraction of sp³-hybridized carbons (Fsp3) is 0. The molecule has 1 aromatic heterocycles. The highest BCUT2D eigenvalue weighted by Crippen LogP contribution is 2.44. The Hall–Kier alpha value is -3.81. The molecule has 1 aliphatic carbocycles. The van der Waals surface area contributed by atoms with E-state index in [9.17, 15) is 25.0 Å². The summed E-state index contributed by atoms with van der Waals surface area (Å²) >= 11 is 0. The van der Waals surface area contributed by atoms with Crippen LogP contribution in [0.15, 0.2) is 55.2 Å². The zero-order valence-corrected chi connectivity index (χ0v) is 12.4. The summed E-state index contributed by atoms with van der Waals surface area (Å²) in [6, 6.07) is 7.58. The molecule has 4 rings (SSSR count). The lowest BCUT2D eigenvalue weighted by atomic mass is 9.97. The van der Waals surface area contributed by atoms with Crippen molar-refractivity contribution in [3.63, 3.8) is 0 Å². The van der Waals surface area contributed by atoms with Crippen molar-refractivity contribution in [3.05, 3.63) is 51.5 Å². The minimum Gasteiger partial charge on any atom is -0.504 e. The number of benzene rings is 2. The molecule has 0 bridgehead atoms. The van der Waals surface area contributed by atoms with Crippen LogP contribution in [-0.2, 0) is 0 Å². The normalized spacial score (nSPS) is 11.2. The lowest BCUT2D eigenvalue weighted by molar-refractivity contribution is 0.403. The van der Waals surface area contributed by atoms with Gasteiger partial charge in [-0.1, -0.05) is 0 Å². The van der Waals surface area contributed by atoms with Crippen molar-refractivity contribution >= 4 is 16.9 Å². The first kappa shape index (κ1) is 14.8. The van der Waals surface area contributed by atoms with Gasteiger partial charge in [-0.2, -0.15) is 0 Å². The van der Waals surface area contributed by atoms with Crippen LogP contribution in [0, 0.1) is 4.91 Å². The number of fused-ring (bicyclic) bond motifs is 2. The van der Waals surface area contributed by atoms with E-state index in [1.54, 1.807) is 0 Å². The molecule has 2 heterocycles. The van der Waals surface area contributed by atoms with E-state index in [0.717, 1.165) is 6.07 Å². The molecule has 0 atom stereocenters. The summed E-state index contributed by atoms with van der Waals surface area (Å²) in [5.74, 6) is -1.11. The lowest BCUT2D eigenvalue weighted by Gasteiger charge is -2.14. The van der Waals surface area contributed by atoms with Crippen LogP contribution in [0.5, 0.6) is 17.2 Å². The summed E-state index contributed by atoms with van der Waals surface area (Å²) in [7, 11) is 0. The predicted molar refractivity (Wildman–Crippen MR) is 87.3 cm³/mol. The van der Waals surface area contributed by atoms with Gasteiger partial charge in [0.2, 0.25) is 5.43 Å². The van der Waals surface area contributed by atoms with Gasteiger partial charge in [0.25, 0.3) is 5.88 Å². The van der Waals surface area contributed by atoms with E-state index >= 15 is 0 Å². The van der Waals surface area contributed by atoms with Gasteiger partial charge in [0.05, 0.1) is 0 Å².